The van der Waals surface area contributed by atoms with E-state index in [1.165, 1.54) is 17.0 Å². The van der Waals surface area contributed by atoms with Crippen LogP contribution in [0.15, 0.2) is 75.8 Å². The number of aliphatic imine (C=N–C) groups is 1. The van der Waals surface area contributed by atoms with E-state index < -0.39 is 4.92 Å². The number of hydrogen-bond donors (Lipinski definition) is 0. The van der Waals surface area contributed by atoms with Gasteiger partial charge in [0.25, 0.3) is 11.6 Å². The minimum absolute atomic E-state index is 0.0255. The van der Waals surface area contributed by atoms with Gasteiger partial charge < -0.3 is 9.47 Å². The smallest absolute Gasteiger partial charge is 0.282 e. The first-order chi connectivity index (χ1) is 16.3. The molecule has 4 rings (SSSR count). The van der Waals surface area contributed by atoms with Gasteiger partial charge in [-0.25, -0.2) is 4.99 Å². The Morgan fingerprint density at radius 1 is 1.00 bits per heavy atom. The van der Waals surface area contributed by atoms with Crippen LogP contribution in [0.1, 0.15) is 16.7 Å². The molecule has 1 aliphatic rings. The lowest BCUT2D eigenvalue weighted by Crippen LogP contribution is -2.32. The zero-order valence-electron chi connectivity index (χ0n) is 18.6. The Kier molecular flexibility index (Phi) is 6.47. The van der Waals surface area contributed by atoms with Crippen LogP contribution in [0.4, 0.5) is 11.4 Å². The maximum Gasteiger partial charge on any atom is 0.282 e. The van der Waals surface area contributed by atoms with Crippen molar-refractivity contribution >= 4 is 45.1 Å². The van der Waals surface area contributed by atoms with E-state index in [1.807, 2.05) is 25.1 Å². The number of carbonyl (C=O) groups excluding carboxylic acids is 1. The molecule has 0 radical (unpaired) electrons. The van der Waals surface area contributed by atoms with E-state index in [0.29, 0.717) is 34.1 Å². The van der Waals surface area contributed by atoms with Crippen molar-refractivity contribution in [1.29, 1.82) is 0 Å². The van der Waals surface area contributed by atoms with Gasteiger partial charge in [-0.05, 0) is 88.6 Å². The van der Waals surface area contributed by atoms with Gasteiger partial charge >= 0.3 is 0 Å². The van der Waals surface area contributed by atoms with Crippen molar-refractivity contribution in [1.82, 2.24) is 0 Å². The number of nitro benzene ring substituents is 1. The van der Waals surface area contributed by atoms with Crippen LogP contribution in [0.5, 0.6) is 11.5 Å². The third-order valence-corrected chi connectivity index (χ3v) is 5.93. The molecule has 0 spiro atoms. The van der Waals surface area contributed by atoms with E-state index in [9.17, 15) is 14.9 Å². The predicted octanol–water partition coefficient (Wildman–Crippen LogP) is 5.52. The van der Waals surface area contributed by atoms with Crippen LogP contribution in [0, 0.1) is 17.0 Å². The first-order valence-corrected chi connectivity index (χ1v) is 11.0. The van der Waals surface area contributed by atoms with Crippen LogP contribution < -0.4 is 14.4 Å². The first kappa shape index (κ1) is 23.2. The van der Waals surface area contributed by atoms with E-state index in [0.717, 1.165) is 10.0 Å². The fourth-order valence-electron chi connectivity index (χ4n) is 3.61. The molecule has 0 saturated carbocycles. The quantitative estimate of drug-likeness (QED) is 0.242. The lowest BCUT2D eigenvalue weighted by molar-refractivity contribution is -0.384. The van der Waals surface area contributed by atoms with E-state index >= 15 is 0 Å². The summed E-state index contributed by atoms with van der Waals surface area (Å²) in [4.78, 5) is 30.2. The summed E-state index contributed by atoms with van der Waals surface area (Å²) in [6.07, 6.45) is 1.61. The monoisotopic (exact) mass is 521 g/mol. The molecule has 0 unspecified atom stereocenters. The third-order valence-electron chi connectivity index (χ3n) is 5.31. The van der Waals surface area contributed by atoms with E-state index in [-0.39, 0.29) is 17.3 Å². The molecule has 1 heterocycles. The van der Waals surface area contributed by atoms with Crippen molar-refractivity contribution in [3.63, 3.8) is 0 Å². The fourth-order valence-corrected chi connectivity index (χ4v) is 4.15. The van der Waals surface area contributed by atoms with Crippen molar-refractivity contribution in [3.8, 4) is 11.5 Å². The molecule has 0 atom stereocenters. The molecule has 9 heteroatoms. The van der Waals surface area contributed by atoms with E-state index in [4.69, 9.17) is 9.47 Å². The number of nitrogens with zero attached hydrogens (tertiary/aromatic N) is 3. The molecule has 1 amide bonds. The second-order valence-corrected chi connectivity index (χ2v) is 8.31. The van der Waals surface area contributed by atoms with Gasteiger partial charge in [-0.15, -0.1) is 0 Å². The van der Waals surface area contributed by atoms with E-state index in [2.05, 4.69) is 20.9 Å². The van der Waals surface area contributed by atoms with Crippen molar-refractivity contribution in [3.05, 3.63) is 97.6 Å². The number of non-ortho nitro benzene ring substituents is 1. The molecule has 1 aliphatic heterocycles. The number of methoxy groups -OCH3 is 2. The maximum absolute atomic E-state index is 13.5. The Bertz CT molecular complexity index is 1350. The maximum atomic E-state index is 13.5. The highest BCUT2D eigenvalue weighted by Crippen LogP contribution is 2.33. The third kappa shape index (κ3) is 4.42. The Hall–Kier alpha value is -3.98. The van der Waals surface area contributed by atoms with Gasteiger partial charge in [0.05, 0.1) is 29.3 Å². The normalized spacial score (nSPS) is 14.4. The predicted molar refractivity (Wildman–Crippen MR) is 134 cm³/mol. The summed E-state index contributed by atoms with van der Waals surface area (Å²) in [7, 11) is 3.17. The average molecular weight is 522 g/mol. The number of aryl methyl sites for hydroxylation is 1. The van der Waals surface area contributed by atoms with Crippen LogP contribution in [-0.4, -0.2) is 30.9 Å². The molecule has 0 aliphatic carbocycles. The highest BCUT2D eigenvalue weighted by atomic mass is 79.9. The summed E-state index contributed by atoms with van der Waals surface area (Å²) >= 11 is 3.49. The Morgan fingerprint density at radius 3 is 2.26 bits per heavy atom. The number of benzene rings is 3. The Labute approximate surface area is 204 Å². The highest BCUT2D eigenvalue weighted by molar-refractivity contribution is 9.10. The highest BCUT2D eigenvalue weighted by Gasteiger charge is 2.33. The van der Waals surface area contributed by atoms with Gasteiger partial charge in [0, 0.05) is 17.7 Å². The van der Waals surface area contributed by atoms with Crippen molar-refractivity contribution < 1.29 is 19.2 Å². The topological polar surface area (TPSA) is 94.3 Å². The van der Waals surface area contributed by atoms with Crippen LogP contribution in [-0.2, 0) is 4.79 Å². The summed E-state index contributed by atoms with van der Waals surface area (Å²) in [6, 6.07) is 16.9. The number of ether oxygens (including phenoxy) is 2. The van der Waals surface area contributed by atoms with Crippen LogP contribution in [0.2, 0.25) is 0 Å². The molecular weight excluding hydrogens is 502 g/mol. The van der Waals surface area contributed by atoms with Crippen LogP contribution in [0.3, 0.4) is 0 Å². The molecule has 0 N–H and O–H groups in total. The molecule has 3 aromatic rings. The second-order valence-electron chi connectivity index (χ2n) is 7.46. The standard InChI is InChI=1S/C25H20BrN3O5/c1-15-12-19(9-11-22(15)33-2)28-24(17-6-10-23(34-3)20(26)14-17)27-21(25(28)30)13-16-4-7-18(8-5-16)29(31)32/h4-14H,1-3H3. The largest absolute Gasteiger partial charge is 0.496 e. The number of hydrogen-bond acceptors (Lipinski definition) is 6. The lowest BCUT2D eigenvalue weighted by Gasteiger charge is -2.20. The molecule has 172 valence electrons. The number of carbonyl (C=O) groups is 1. The van der Waals surface area contributed by atoms with Crippen LogP contribution in [0.25, 0.3) is 6.08 Å². The number of amidine groups is 1. The zero-order valence-corrected chi connectivity index (χ0v) is 20.2. The molecule has 0 fully saturated rings. The summed E-state index contributed by atoms with van der Waals surface area (Å²) in [5, 5.41) is 10.9. The Balaban J connectivity index is 1.82. The van der Waals surface area contributed by atoms with Gasteiger partial charge in [-0.2, -0.15) is 0 Å². The van der Waals surface area contributed by atoms with Gasteiger partial charge in [-0.1, -0.05) is 0 Å². The average Bonchev–Trinajstić information content (AvgIpc) is 3.15. The summed E-state index contributed by atoms with van der Waals surface area (Å²) in [5.41, 5.74) is 3.03. The van der Waals surface area contributed by atoms with Gasteiger partial charge in [-0.3, -0.25) is 19.8 Å². The SMILES string of the molecule is COc1ccc(N2C(=O)C(=Cc3ccc([N+](=O)[O-])cc3)N=C2c2ccc(OC)c(Br)c2)cc1C. The molecule has 0 saturated heterocycles. The molecule has 3 aromatic carbocycles. The number of halogens is 1. The first-order valence-electron chi connectivity index (χ1n) is 10.2. The Morgan fingerprint density at radius 2 is 1.68 bits per heavy atom. The molecule has 0 bridgehead atoms. The summed E-state index contributed by atoms with van der Waals surface area (Å²) in [6.45, 7) is 1.90. The molecule has 0 aromatic heterocycles. The van der Waals surface area contributed by atoms with E-state index in [1.54, 1.807) is 50.6 Å². The van der Waals surface area contributed by atoms with Gasteiger partial charge in [0.15, 0.2) is 0 Å². The van der Waals surface area contributed by atoms with Gasteiger partial charge in [0.2, 0.25) is 0 Å². The van der Waals surface area contributed by atoms with Crippen molar-refractivity contribution in [2.45, 2.75) is 6.92 Å². The number of amides is 1. The number of nitro groups is 1. The summed E-state index contributed by atoms with van der Waals surface area (Å²) in [5.74, 6) is 1.50. The fraction of sp³-hybridized carbons (Fsp3) is 0.120. The molecule has 34 heavy (non-hydrogen) atoms. The minimum atomic E-state index is -0.469. The minimum Gasteiger partial charge on any atom is -0.496 e. The second kappa shape index (κ2) is 9.48. The van der Waals surface area contributed by atoms with Crippen LogP contribution >= 0.6 is 15.9 Å². The van der Waals surface area contributed by atoms with Crippen molar-refractivity contribution in [2.24, 2.45) is 4.99 Å². The molecular formula is C25H20BrN3O5. The molecule has 8 nitrogen and oxygen atoms in total. The van der Waals surface area contributed by atoms with Gasteiger partial charge in [0.1, 0.15) is 23.0 Å². The number of rotatable bonds is 6. The zero-order chi connectivity index (χ0) is 24.4. The number of anilines is 1. The lowest BCUT2D eigenvalue weighted by atomic mass is 10.1. The van der Waals surface area contributed by atoms with Crippen molar-refractivity contribution in [2.75, 3.05) is 19.1 Å². The summed E-state index contributed by atoms with van der Waals surface area (Å²) < 4.78 is 11.4.